The number of benzene rings is 2. The molecule has 6 nitrogen and oxygen atoms in total. The molecule has 108 valence electrons. The summed E-state index contributed by atoms with van der Waals surface area (Å²) in [5.74, 6) is -0.605. The molecule has 1 atom stereocenters. The van der Waals surface area contributed by atoms with Gasteiger partial charge in [0.15, 0.2) is 6.10 Å². The van der Waals surface area contributed by atoms with Crippen LogP contribution in [0.3, 0.4) is 0 Å². The van der Waals surface area contributed by atoms with E-state index in [4.69, 9.17) is 0 Å². The predicted octanol–water partition coefficient (Wildman–Crippen LogP) is 3.03. The molecule has 21 heavy (non-hydrogen) atoms. The Labute approximate surface area is 128 Å². The molecule has 0 aliphatic heterocycles. The number of aliphatic hydroxyl groups excluding tert-OH is 1. The smallest absolute Gasteiger partial charge is 0.269 e. The lowest BCUT2D eigenvalue weighted by molar-refractivity contribution is -0.384. The fraction of sp³-hybridized carbons (Fsp3) is 0.0714. The molecule has 0 saturated heterocycles. The standard InChI is InChI=1S/C14H11BrN2O4/c15-10-3-5-11(6-4-10)16-14(19)13(18)9-1-7-12(8-2-9)17(20)21/h1-8,13,18H,(H,16,19). The number of halogens is 1. The van der Waals surface area contributed by atoms with Gasteiger partial charge in [0.1, 0.15) is 0 Å². The third-order valence-electron chi connectivity index (χ3n) is 2.78. The Morgan fingerprint density at radius 2 is 1.71 bits per heavy atom. The fourth-order valence-electron chi connectivity index (χ4n) is 1.67. The number of nitro benzene ring substituents is 1. The molecule has 2 rings (SSSR count). The first-order chi connectivity index (χ1) is 9.97. The van der Waals surface area contributed by atoms with Crippen LogP contribution in [0.4, 0.5) is 11.4 Å². The van der Waals surface area contributed by atoms with Gasteiger partial charge in [-0.25, -0.2) is 0 Å². The highest BCUT2D eigenvalue weighted by Crippen LogP contribution is 2.20. The van der Waals surface area contributed by atoms with Gasteiger partial charge in [0.25, 0.3) is 11.6 Å². The van der Waals surface area contributed by atoms with E-state index in [1.54, 1.807) is 24.3 Å². The maximum atomic E-state index is 11.9. The number of hydrogen-bond donors (Lipinski definition) is 2. The number of anilines is 1. The quantitative estimate of drug-likeness (QED) is 0.654. The van der Waals surface area contributed by atoms with Crippen LogP contribution in [0.5, 0.6) is 0 Å². The number of nitrogens with zero attached hydrogens (tertiary/aromatic N) is 1. The minimum absolute atomic E-state index is 0.0979. The second-order valence-electron chi connectivity index (χ2n) is 4.25. The Hall–Kier alpha value is -2.25. The summed E-state index contributed by atoms with van der Waals surface area (Å²) in [6, 6.07) is 12.1. The van der Waals surface area contributed by atoms with E-state index < -0.39 is 16.9 Å². The van der Waals surface area contributed by atoms with Gasteiger partial charge < -0.3 is 10.4 Å². The number of rotatable bonds is 4. The highest BCUT2D eigenvalue weighted by Gasteiger charge is 2.18. The molecular formula is C14H11BrN2O4. The van der Waals surface area contributed by atoms with Crippen molar-refractivity contribution >= 4 is 33.2 Å². The molecule has 0 aliphatic carbocycles. The van der Waals surface area contributed by atoms with Crippen molar-refractivity contribution in [2.24, 2.45) is 0 Å². The van der Waals surface area contributed by atoms with E-state index in [0.717, 1.165) is 4.47 Å². The summed E-state index contributed by atoms with van der Waals surface area (Å²) in [5, 5.41) is 23.0. The van der Waals surface area contributed by atoms with Gasteiger partial charge in [-0.15, -0.1) is 0 Å². The van der Waals surface area contributed by atoms with Crippen LogP contribution in [0.25, 0.3) is 0 Å². The predicted molar refractivity (Wildman–Crippen MR) is 80.8 cm³/mol. The van der Waals surface area contributed by atoms with Gasteiger partial charge in [-0.3, -0.25) is 14.9 Å². The molecule has 0 spiro atoms. The van der Waals surface area contributed by atoms with Crippen molar-refractivity contribution in [3.63, 3.8) is 0 Å². The second kappa shape index (κ2) is 6.47. The van der Waals surface area contributed by atoms with Crippen molar-refractivity contribution in [1.82, 2.24) is 0 Å². The van der Waals surface area contributed by atoms with Crippen LogP contribution in [0, 0.1) is 10.1 Å². The second-order valence-corrected chi connectivity index (χ2v) is 5.16. The number of nitro groups is 1. The van der Waals surface area contributed by atoms with Gasteiger partial charge in [0.05, 0.1) is 4.92 Å². The van der Waals surface area contributed by atoms with E-state index in [-0.39, 0.29) is 11.3 Å². The zero-order valence-electron chi connectivity index (χ0n) is 10.7. The summed E-state index contributed by atoms with van der Waals surface area (Å²) >= 11 is 3.28. The maximum absolute atomic E-state index is 11.9. The molecule has 2 aromatic carbocycles. The molecule has 0 aliphatic rings. The lowest BCUT2D eigenvalue weighted by atomic mass is 10.1. The van der Waals surface area contributed by atoms with E-state index in [1.165, 1.54) is 24.3 Å². The Kier molecular flexibility index (Phi) is 4.66. The van der Waals surface area contributed by atoms with Crippen molar-refractivity contribution in [1.29, 1.82) is 0 Å². The van der Waals surface area contributed by atoms with Crippen molar-refractivity contribution in [3.8, 4) is 0 Å². The highest BCUT2D eigenvalue weighted by molar-refractivity contribution is 9.10. The largest absolute Gasteiger partial charge is 0.378 e. The lowest BCUT2D eigenvalue weighted by Gasteiger charge is -2.11. The average molecular weight is 351 g/mol. The van der Waals surface area contributed by atoms with Gasteiger partial charge in [-0.05, 0) is 42.0 Å². The number of nitrogens with one attached hydrogen (secondary N) is 1. The van der Waals surface area contributed by atoms with Crippen LogP contribution in [-0.4, -0.2) is 15.9 Å². The lowest BCUT2D eigenvalue weighted by Crippen LogP contribution is -2.20. The fourth-order valence-corrected chi connectivity index (χ4v) is 1.94. The van der Waals surface area contributed by atoms with Gasteiger partial charge >= 0.3 is 0 Å². The normalized spacial score (nSPS) is 11.7. The van der Waals surface area contributed by atoms with Gasteiger partial charge in [-0.1, -0.05) is 15.9 Å². The van der Waals surface area contributed by atoms with E-state index in [9.17, 15) is 20.0 Å². The summed E-state index contributed by atoms with van der Waals surface area (Å²) in [5.41, 5.74) is 0.735. The number of carbonyl (C=O) groups is 1. The van der Waals surface area contributed by atoms with E-state index in [2.05, 4.69) is 21.2 Å². The Morgan fingerprint density at radius 3 is 2.24 bits per heavy atom. The summed E-state index contributed by atoms with van der Waals surface area (Å²) in [7, 11) is 0. The van der Waals surface area contributed by atoms with Crippen LogP contribution in [0.2, 0.25) is 0 Å². The molecular weight excluding hydrogens is 340 g/mol. The minimum Gasteiger partial charge on any atom is -0.378 e. The topological polar surface area (TPSA) is 92.5 Å². The molecule has 2 N–H and O–H groups in total. The number of non-ortho nitro benzene ring substituents is 1. The molecule has 0 fully saturated rings. The van der Waals surface area contributed by atoms with Crippen LogP contribution in [-0.2, 0) is 4.79 Å². The molecule has 1 unspecified atom stereocenters. The van der Waals surface area contributed by atoms with Gasteiger partial charge in [0, 0.05) is 22.3 Å². The Bertz CT molecular complexity index is 656. The highest BCUT2D eigenvalue weighted by atomic mass is 79.9. The third kappa shape index (κ3) is 3.87. The van der Waals surface area contributed by atoms with Crippen LogP contribution in [0.15, 0.2) is 53.0 Å². The summed E-state index contributed by atoms with van der Waals surface area (Å²) < 4.78 is 0.872. The maximum Gasteiger partial charge on any atom is 0.269 e. The van der Waals surface area contributed by atoms with Gasteiger partial charge in [0.2, 0.25) is 0 Å². The molecule has 0 saturated carbocycles. The number of amides is 1. The van der Waals surface area contributed by atoms with Crippen LogP contribution in [0.1, 0.15) is 11.7 Å². The zero-order chi connectivity index (χ0) is 15.4. The molecule has 0 heterocycles. The van der Waals surface area contributed by atoms with E-state index in [0.29, 0.717) is 5.69 Å². The first-order valence-electron chi connectivity index (χ1n) is 5.96. The molecule has 1 amide bonds. The third-order valence-corrected chi connectivity index (χ3v) is 3.31. The van der Waals surface area contributed by atoms with Crippen molar-refractivity contribution in [2.45, 2.75) is 6.10 Å². The minimum atomic E-state index is -1.39. The molecule has 2 aromatic rings. The number of aliphatic hydroxyl groups is 1. The molecule has 7 heteroatoms. The zero-order valence-corrected chi connectivity index (χ0v) is 12.3. The van der Waals surface area contributed by atoms with Crippen molar-refractivity contribution < 1.29 is 14.8 Å². The van der Waals surface area contributed by atoms with Crippen LogP contribution < -0.4 is 5.32 Å². The Morgan fingerprint density at radius 1 is 1.14 bits per heavy atom. The summed E-state index contributed by atoms with van der Waals surface area (Å²) in [6.45, 7) is 0. The number of carbonyl (C=O) groups excluding carboxylic acids is 1. The van der Waals surface area contributed by atoms with Gasteiger partial charge in [-0.2, -0.15) is 0 Å². The first-order valence-corrected chi connectivity index (χ1v) is 6.75. The average Bonchev–Trinajstić information content (AvgIpc) is 2.49. The molecule has 0 bridgehead atoms. The summed E-state index contributed by atoms with van der Waals surface area (Å²) in [4.78, 5) is 21.9. The SMILES string of the molecule is O=C(Nc1ccc(Br)cc1)C(O)c1ccc([N+](=O)[O-])cc1. The van der Waals surface area contributed by atoms with E-state index in [1.807, 2.05) is 0 Å². The van der Waals surface area contributed by atoms with Crippen LogP contribution >= 0.6 is 15.9 Å². The van der Waals surface area contributed by atoms with E-state index >= 15 is 0 Å². The Balaban J connectivity index is 2.08. The monoisotopic (exact) mass is 350 g/mol. The first kappa shape index (κ1) is 15.1. The summed E-state index contributed by atoms with van der Waals surface area (Å²) in [6.07, 6.45) is -1.39. The van der Waals surface area contributed by atoms with Crippen molar-refractivity contribution in [3.05, 3.63) is 68.7 Å². The number of hydrogen-bond acceptors (Lipinski definition) is 4. The van der Waals surface area contributed by atoms with Crippen molar-refractivity contribution in [2.75, 3.05) is 5.32 Å². The molecule has 0 aromatic heterocycles. The molecule has 0 radical (unpaired) electrons.